The van der Waals surface area contributed by atoms with Crippen molar-refractivity contribution in [2.45, 2.75) is 0 Å². The summed E-state index contributed by atoms with van der Waals surface area (Å²) in [5, 5.41) is 0. The number of pyridine rings is 2. The largest absolute Gasteiger partial charge is 0.491 e. The van der Waals surface area contributed by atoms with E-state index in [9.17, 15) is 9.59 Å². The molecular weight excluding hydrogens is 296 g/mol. The van der Waals surface area contributed by atoms with Gasteiger partial charge in [-0.2, -0.15) is 0 Å². The number of aromatic amines is 1. The van der Waals surface area contributed by atoms with Gasteiger partial charge in [0, 0.05) is 44.6 Å². The number of anilines is 1. The van der Waals surface area contributed by atoms with Crippen molar-refractivity contribution >= 4 is 11.7 Å². The Hall–Kier alpha value is -2.83. The Kier molecular flexibility index (Phi) is 4.27. The minimum atomic E-state index is -0.304. The fourth-order valence-electron chi connectivity index (χ4n) is 2.59. The Labute approximate surface area is 133 Å². The highest BCUT2D eigenvalue weighted by atomic mass is 16.5. The summed E-state index contributed by atoms with van der Waals surface area (Å²) in [6.45, 7) is 2.60. The Bertz CT molecular complexity index is 736. The van der Waals surface area contributed by atoms with Crippen LogP contribution < -0.4 is 15.1 Å². The second-order valence-electron chi connectivity index (χ2n) is 5.25. The average Bonchev–Trinajstić information content (AvgIpc) is 2.62. The van der Waals surface area contributed by atoms with Gasteiger partial charge in [-0.3, -0.25) is 9.59 Å². The van der Waals surface area contributed by atoms with E-state index in [1.807, 2.05) is 18.2 Å². The summed E-state index contributed by atoms with van der Waals surface area (Å²) in [4.78, 5) is 35.3. The number of nitrogens with zero attached hydrogens (tertiary/aromatic N) is 3. The molecule has 1 aliphatic heterocycles. The molecule has 2 aromatic heterocycles. The Balaban J connectivity index is 1.66. The summed E-state index contributed by atoms with van der Waals surface area (Å²) in [5.74, 6) is 0.935. The van der Waals surface area contributed by atoms with Crippen molar-refractivity contribution in [3.8, 4) is 5.75 Å². The molecule has 1 aliphatic rings. The van der Waals surface area contributed by atoms with Crippen molar-refractivity contribution in [3.63, 3.8) is 0 Å². The number of methoxy groups -OCH3 is 1. The maximum atomic E-state index is 12.5. The molecule has 23 heavy (non-hydrogen) atoms. The number of nitrogens with one attached hydrogen (secondary N) is 1. The van der Waals surface area contributed by atoms with Crippen LogP contribution in [-0.4, -0.2) is 54.1 Å². The Morgan fingerprint density at radius 1 is 1.26 bits per heavy atom. The van der Waals surface area contributed by atoms with Crippen molar-refractivity contribution in [2.24, 2.45) is 0 Å². The molecule has 1 saturated heterocycles. The number of rotatable bonds is 3. The lowest BCUT2D eigenvalue weighted by Crippen LogP contribution is -2.49. The molecule has 0 atom stereocenters. The van der Waals surface area contributed by atoms with E-state index in [2.05, 4.69) is 14.9 Å². The van der Waals surface area contributed by atoms with E-state index in [0.29, 0.717) is 26.2 Å². The lowest BCUT2D eigenvalue weighted by molar-refractivity contribution is 0.0740. The van der Waals surface area contributed by atoms with Gasteiger partial charge in [-0.1, -0.05) is 6.07 Å². The van der Waals surface area contributed by atoms with Gasteiger partial charge in [-0.25, -0.2) is 4.98 Å². The number of aromatic nitrogens is 2. The number of hydrogen-bond acceptors (Lipinski definition) is 5. The van der Waals surface area contributed by atoms with E-state index < -0.39 is 0 Å². The highest BCUT2D eigenvalue weighted by Gasteiger charge is 2.23. The fourth-order valence-corrected chi connectivity index (χ4v) is 2.59. The maximum absolute atomic E-state index is 12.5. The van der Waals surface area contributed by atoms with Crippen LogP contribution in [-0.2, 0) is 0 Å². The molecule has 0 aromatic carbocycles. The average molecular weight is 314 g/mol. The van der Waals surface area contributed by atoms with Gasteiger partial charge in [-0.15, -0.1) is 0 Å². The van der Waals surface area contributed by atoms with E-state index in [4.69, 9.17) is 4.74 Å². The molecular formula is C16H18N4O3. The molecule has 0 spiro atoms. The minimum absolute atomic E-state index is 0.176. The number of hydrogen-bond donors (Lipinski definition) is 1. The molecule has 3 rings (SSSR count). The smallest absolute Gasteiger partial charge is 0.270 e. The number of amides is 1. The van der Waals surface area contributed by atoms with E-state index in [0.717, 1.165) is 5.82 Å². The Morgan fingerprint density at radius 3 is 2.65 bits per heavy atom. The number of ether oxygens (including phenoxy) is 1. The molecule has 0 radical (unpaired) electrons. The third-order valence-electron chi connectivity index (χ3n) is 3.87. The number of carbonyl (C=O) groups is 1. The van der Waals surface area contributed by atoms with Gasteiger partial charge >= 0.3 is 0 Å². The van der Waals surface area contributed by atoms with Gasteiger partial charge in [0.05, 0.1) is 7.11 Å². The first-order chi connectivity index (χ1) is 11.2. The van der Waals surface area contributed by atoms with Gasteiger partial charge in [0.2, 0.25) is 5.43 Å². The number of H-pyrrole nitrogens is 1. The first kappa shape index (κ1) is 15.1. The molecule has 3 heterocycles. The monoisotopic (exact) mass is 314 g/mol. The molecule has 7 nitrogen and oxygen atoms in total. The van der Waals surface area contributed by atoms with Crippen LogP contribution in [0.1, 0.15) is 10.5 Å². The number of carbonyl (C=O) groups excluding carboxylic acids is 1. The lowest BCUT2D eigenvalue weighted by Gasteiger charge is -2.35. The second kappa shape index (κ2) is 6.51. The van der Waals surface area contributed by atoms with E-state index in [1.54, 1.807) is 11.1 Å². The molecule has 120 valence electrons. The summed E-state index contributed by atoms with van der Waals surface area (Å²) >= 11 is 0. The van der Waals surface area contributed by atoms with Crippen molar-refractivity contribution in [1.29, 1.82) is 0 Å². The van der Waals surface area contributed by atoms with Crippen LogP contribution in [0.3, 0.4) is 0 Å². The molecule has 1 amide bonds. The fraction of sp³-hybridized carbons (Fsp3) is 0.312. The molecule has 1 fully saturated rings. The summed E-state index contributed by atoms with van der Waals surface area (Å²) in [6.07, 6.45) is 3.18. The zero-order chi connectivity index (χ0) is 16.2. The lowest BCUT2D eigenvalue weighted by atomic mass is 10.2. The van der Waals surface area contributed by atoms with E-state index in [-0.39, 0.29) is 22.8 Å². The first-order valence-corrected chi connectivity index (χ1v) is 7.41. The van der Waals surface area contributed by atoms with Crippen LogP contribution in [0.5, 0.6) is 5.75 Å². The van der Waals surface area contributed by atoms with Gasteiger partial charge < -0.3 is 19.5 Å². The summed E-state index contributed by atoms with van der Waals surface area (Å²) in [5.41, 5.74) is -0.0243. The SMILES string of the molecule is COc1c[nH]c(C(=O)N2CCN(c3ccccn3)CC2)cc1=O. The number of piperazine rings is 1. The summed E-state index contributed by atoms with van der Waals surface area (Å²) in [6, 6.07) is 7.07. The van der Waals surface area contributed by atoms with E-state index in [1.165, 1.54) is 19.4 Å². The van der Waals surface area contributed by atoms with Crippen molar-refractivity contribution in [3.05, 3.63) is 52.6 Å². The third-order valence-corrected chi connectivity index (χ3v) is 3.87. The van der Waals surface area contributed by atoms with Gasteiger partial charge in [-0.05, 0) is 12.1 Å². The Morgan fingerprint density at radius 2 is 2.04 bits per heavy atom. The first-order valence-electron chi connectivity index (χ1n) is 7.41. The van der Waals surface area contributed by atoms with Crippen molar-refractivity contribution < 1.29 is 9.53 Å². The zero-order valence-electron chi connectivity index (χ0n) is 12.9. The van der Waals surface area contributed by atoms with Crippen molar-refractivity contribution in [1.82, 2.24) is 14.9 Å². The van der Waals surface area contributed by atoms with Crippen LogP contribution in [0, 0.1) is 0 Å². The highest BCUT2D eigenvalue weighted by molar-refractivity contribution is 5.92. The summed E-state index contributed by atoms with van der Waals surface area (Å²) in [7, 11) is 1.42. The quantitative estimate of drug-likeness (QED) is 0.904. The van der Waals surface area contributed by atoms with Crippen LogP contribution >= 0.6 is 0 Å². The minimum Gasteiger partial charge on any atom is -0.491 e. The van der Waals surface area contributed by atoms with Crippen molar-refractivity contribution in [2.75, 3.05) is 38.2 Å². The summed E-state index contributed by atoms with van der Waals surface area (Å²) < 4.78 is 4.91. The highest BCUT2D eigenvalue weighted by Crippen LogP contribution is 2.14. The van der Waals surface area contributed by atoms with Crippen LogP contribution in [0.15, 0.2) is 41.5 Å². The van der Waals surface area contributed by atoms with Crippen LogP contribution in [0.2, 0.25) is 0 Å². The molecule has 0 unspecified atom stereocenters. The molecule has 2 aromatic rings. The van der Waals surface area contributed by atoms with Crippen LogP contribution in [0.4, 0.5) is 5.82 Å². The molecule has 7 heteroatoms. The van der Waals surface area contributed by atoms with Crippen LogP contribution in [0.25, 0.3) is 0 Å². The standard InChI is InChI=1S/C16H18N4O3/c1-23-14-11-18-12(10-13(14)21)16(22)20-8-6-19(7-9-20)15-4-2-3-5-17-15/h2-5,10-11H,6-9H2,1H3,(H,18,21). The van der Waals surface area contributed by atoms with Gasteiger partial charge in [0.1, 0.15) is 11.5 Å². The normalized spacial score (nSPS) is 14.7. The molecule has 0 saturated carbocycles. The maximum Gasteiger partial charge on any atom is 0.270 e. The van der Waals surface area contributed by atoms with Gasteiger partial charge in [0.15, 0.2) is 5.75 Å². The third kappa shape index (κ3) is 3.18. The van der Waals surface area contributed by atoms with Gasteiger partial charge in [0.25, 0.3) is 5.91 Å². The second-order valence-corrected chi connectivity index (χ2v) is 5.25. The topological polar surface area (TPSA) is 78.5 Å². The zero-order valence-corrected chi connectivity index (χ0v) is 12.9. The predicted molar refractivity (Wildman–Crippen MR) is 86.0 cm³/mol. The molecule has 0 bridgehead atoms. The predicted octanol–water partition coefficient (Wildman–Crippen LogP) is 0.741. The van der Waals surface area contributed by atoms with E-state index >= 15 is 0 Å². The molecule has 0 aliphatic carbocycles. The molecule has 1 N–H and O–H groups in total.